The normalized spacial score (nSPS) is 25.5. The van der Waals surface area contributed by atoms with Crippen molar-refractivity contribution in [1.29, 1.82) is 0 Å². The van der Waals surface area contributed by atoms with E-state index in [1.807, 2.05) is 12.1 Å². The van der Waals surface area contributed by atoms with Gasteiger partial charge in [-0.2, -0.15) is 0 Å². The zero-order valence-electron chi connectivity index (χ0n) is 15.1. The summed E-state index contributed by atoms with van der Waals surface area (Å²) in [6, 6.07) is 5.11. The third-order valence-electron chi connectivity index (χ3n) is 5.37. The quantitative estimate of drug-likeness (QED) is 0.604. The van der Waals surface area contributed by atoms with Crippen LogP contribution in [0.5, 0.6) is 0 Å². The highest BCUT2D eigenvalue weighted by atomic mass is 16.5. The van der Waals surface area contributed by atoms with Crippen LogP contribution in [-0.4, -0.2) is 61.0 Å². The minimum atomic E-state index is -0.579. The molecule has 0 radical (unpaired) electrons. The summed E-state index contributed by atoms with van der Waals surface area (Å²) in [5, 5.41) is 9.04. The topological polar surface area (TPSA) is 99.8 Å². The highest BCUT2D eigenvalue weighted by Gasteiger charge is 2.39. The molecule has 0 spiro atoms. The van der Waals surface area contributed by atoms with Crippen molar-refractivity contribution in [2.24, 2.45) is 0 Å². The van der Waals surface area contributed by atoms with Crippen molar-refractivity contribution in [3.05, 3.63) is 34.9 Å². The number of carbonyl (C=O) groups is 3. The van der Waals surface area contributed by atoms with Gasteiger partial charge >= 0.3 is 0 Å². The zero-order valence-corrected chi connectivity index (χ0v) is 15.1. The summed E-state index contributed by atoms with van der Waals surface area (Å²) in [6.45, 7) is 4.23. The molecule has 2 saturated heterocycles. The maximum Gasteiger partial charge on any atom is 0.255 e. The molecule has 3 heterocycles. The Morgan fingerprint density at radius 1 is 1.26 bits per heavy atom. The lowest BCUT2D eigenvalue weighted by molar-refractivity contribution is -0.136. The Balaban J connectivity index is 1.42. The number of nitrogens with one attached hydrogen (secondary N) is 3. The molecule has 3 amide bonds. The second-order valence-electron chi connectivity index (χ2n) is 7.17. The number of hydrogen-bond donors (Lipinski definition) is 3. The molecule has 0 aliphatic carbocycles. The fourth-order valence-electron chi connectivity index (χ4n) is 3.93. The average Bonchev–Trinajstić information content (AvgIpc) is 3.00. The van der Waals surface area contributed by atoms with E-state index in [1.54, 1.807) is 11.0 Å². The summed E-state index contributed by atoms with van der Waals surface area (Å²) >= 11 is 0. The van der Waals surface area contributed by atoms with Crippen LogP contribution in [0.1, 0.15) is 34.3 Å². The lowest BCUT2D eigenvalue weighted by Crippen LogP contribution is -2.52. The highest BCUT2D eigenvalue weighted by molar-refractivity contribution is 6.05. The van der Waals surface area contributed by atoms with E-state index < -0.39 is 6.04 Å². The molecule has 8 heteroatoms. The first-order valence-corrected chi connectivity index (χ1v) is 9.42. The number of carbonyl (C=O) groups excluding carboxylic acids is 3. The molecule has 4 rings (SSSR count). The van der Waals surface area contributed by atoms with E-state index in [4.69, 9.17) is 4.74 Å². The number of ether oxygens (including phenoxy) is 1. The smallest absolute Gasteiger partial charge is 0.255 e. The summed E-state index contributed by atoms with van der Waals surface area (Å²) in [6.07, 6.45) is 0.793. The molecule has 3 N–H and O–H groups in total. The van der Waals surface area contributed by atoms with E-state index in [-0.39, 0.29) is 30.2 Å². The van der Waals surface area contributed by atoms with E-state index >= 15 is 0 Å². The number of benzene rings is 1. The van der Waals surface area contributed by atoms with Gasteiger partial charge < -0.3 is 20.3 Å². The minimum absolute atomic E-state index is 0.138. The molecule has 1 aromatic carbocycles. The van der Waals surface area contributed by atoms with Crippen LogP contribution < -0.4 is 16.0 Å². The summed E-state index contributed by atoms with van der Waals surface area (Å²) in [5.41, 5.74) is 2.66. The van der Waals surface area contributed by atoms with Crippen LogP contribution in [0.15, 0.2) is 18.2 Å². The summed E-state index contributed by atoms with van der Waals surface area (Å²) in [5.74, 6) is -0.792. The molecule has 144 valence electrons. The Hall–Kier alpha value is -2.29. The van der Waals surface area contributed by atoms with Crippen molar-refractivity contribution in [1.82, 2.24) is 20.9 Å². The van der Waals surface area contributed by atoms with Gasteiger partial charge in [0.1, 0.15) is 6.04 Å². The zero-order chi connectivity index (χ0) is 18.8. The van der Waals surface area contributed by atoms with Crippen molar-refractivity contribution in [2.45, 2.75) is 38.1 Å². The summed E-state index contributed by atoms with van der Waals surface area (Å²) < 4.78 is 5.68. The molecule has 0 aromatic heterocycles. The average molecular weight is 372 g/mol. The van der Waals surface area contributed by atoms with E-state index in [1.165, 1.54) is 0 Å². The van der Waals surface area contributed by atoms with Gasteiger partial charge in [-0.05, 0) is 23.6 Å². The number of hydrogen-bond acceptors (Lipinski definition) is 6. The highest BCUT2D eigenvalue weighted by Crippen LogP contribution is 2.29. The van der Waals surface area contributed by atoms with Crippen LogP contribution in [0.4, 0.5) is 0 Å². The number of imide groups is 1. The summed E-state index contributed by atoms with van der Waals surface area (Å²) in [4.78, 5) is 37.9. The Kier molecular flexibility index (Phi) is 5.20. The van der Waals surface area contributed by atoms with Crippen molar-refractivity contribution in [3.8, 4) is 0 Å². The predicted molar refractivity (Wildman–Crippen MR) is 96.8 cm³/mol. The molecule has 3 aliphatic rings. The first kappa shape index (κ1) is 18.1. The third kappa shape index (κ3) is 3.73. The standard InChI is InChI=1S/C19H24N4O4/c24-17-5-4-16(18(25)22-17)23-11-15-12(2-1-3-14(15)19(23)26)8-21-10-13-9-20-6-7-27-13/h1-3,13,16,20-21H,4-11H2,(H,22,24,25). The van der Waals surface area contributed by atoms with Crippen LogP contribution in [0.2, 0.25) is 0 Å². The maximum atomic E-state index is 12.8. The third-order valence-corrected chi connectivity index (χ3v) is 5.37. The first-order chi connectivity index (χ1) is 13.1. The number of morpholine rings is 1. The molecule has 1 aromatic rings. The van der Waals surface area contributed by atoms with Crippen LogP contribution >= 0.6 is 0 Å². The van der Waals surface area contributed by atoms with Gasteiger partial charge in [0, 0.05) is 44.7 Å². The van der Waals surface area contributed by atoms with Crippen molar-refractivity contribution in [3.63, 3.8) is 0 Å². The molecule has 27 heavy (non-hydrogen) atoms. The first-order valence-electron chi connectivity index (χ1n) is 9.42. The Morgan fingerprint density at radius 3 is 2.93 bits per heavy atom. The van der Waals surface area contributed by atoms with Gasteiger partial charge in [0.15, 0.2) is 0 Å². The Morgan fingerprint density at radius 2 is 2.15 bits per heavy atom. The van der Waals surface area contributed by atoms with Crippen LogP contribution in [0.3, 0.4) is 0 Å². The van der Waals surface area contributed by atoms with E-state index in [0.29, 0.717) is 25.1 Å². The predicted octanol–water partition coefficient (Wildman–Crippen LogP) is -0.474. The SMILES string of the molecule is O=C1CCC(N2Cc3c(CNCC4CNCCO4)cccc3C2=O)C(=O)N1. The second-order valence-corrected chi connectivity index (χ2v) is 7.17. The molecular weight excluding hydrogens is 348 g/mol. The van der Waals surface area contributed by atoms with Crippen LogP contribution in [0, 0.1) is 0 Å². The van der Waals surface area contributed by atoms with Gasteiger partial charge in [-0.3, -0.25) is 19.7 Å². The molecular formula is C19H24N4O4. The van der Waals surface area contributed by atoms with Crippen molar-refractivity contribution in [2.75, 3.05) is 26.2 Å². The Labute approximate surface area is 157 Å². The number of piperidine rings is 1. The van der Waals surface area contributed by atoms with Gasteiger partial charge in [0.05, 0.1) is 12.7 Å². The number of fused-ring (bicyclic) bond motifs is 1. The van der Waals surface area contributed by atoms with Gasteiger partial charge in [-0.25, -0.2) is 0 Å². The van der Waals surface area contributed by atoms with Gasteiger partial charge in [0.25, 0.3) is 5.91 Å². The molecule has 2 fully saturated rings. The van der Waals surface area contributed by atoms with E-state index in [0.717, 1.165) is 37.4 Å². The number of amides is 3. The van der Waals surface area contributed by atoms with Crippen molar-refractivity contribution >= 4 is 17.7 Å². The minimum Gasteiger partial charge on any atom is -0.374 e. The van der Waals surface area contributed by atoms with Crippen molar-refractivity contribution < 1.29 is 19.1 Å². The van der Waals surface area contributed by atoms with Crippen LogP contribution in [0.25, 0.3) is 0 Å². The second kappa shape index (κ2) is 7.75. The van der Waals surface area contributed by atoms with E-state index in [9.17, 15) is 14.4 Å². The van der Waals surface area contributed by atoms with E-state index in [2.05, 4.69) is 16.0 Å². The van der Waals surface area contributed by atoms with Gasteiger partial charge in [-0.1, -0.05) is 12.1 Å². The maximum absolute atomic E-state index is 12.8. The fraction of sp³-hybridized carbons (Fsp3) is 0.526. The molecule has 3 aliphatic heterocycles. The number of nitrogens with zero attached hydrogens (tertiary/aromatic N) is 1. The lowest BCUT2D eigenvalue weighted by atomic mass is 10.0. The van der Waals surface area contributed by atoms with Gasteiger partial charge in [0.2, 0.25) is 11.8 Å². The summed E-state index contributed by atoms with van der Waals surface area (Å²) in [7, 11) is 0. The number of rotatable bonds is 5. The Bertz CT molecular complexity index is 760. The molecule has 8 nitrogen and oxygen atoms in total. The molecule has 0 bridgehead atoms. The van der Waals surface area contributed by atoms with Crippen LogP contribution in [-0.2, 0) is 27.4 Å². The molecule has 0 saturated carbocycles. The fourth-order valence-corrected chi connectivity index (χ4v) is 3.93. The largest absolute Gasteiger partial charge is 0.374 e. The van der Waals surface area contributed by atoms with Gasteiger partial charge in [-0.15, -0.1) is 0 Å². The lowest BCUT2D eigenvalue weighted by Gasteiger charge is -2.29. The monoisotopic (exact) mass is 372 g/mol. The molecule has 2 atom stereocenters. The molecule has 2 unspecified atom stereocenters.